The predicted octanol–water partition coefficient (Wildman–Crippen LogP) is 2.47. The van der Waals surface area contributed by atoms with Crippen molar-refractivity contribution >= 4 is 23.9 Å². The number of hydrogen-bond donors (Lipinski definition) is 1. The maximum absolute atomic E-state index is 12.9. The van der Waals surface area contributed by atoms with E-state index in [0.29, 0.717) is 0 Å². The molecule has 3 nitrogen and oxygen atoms in total. The molecule has 20 heavy (non-hydrogen) atoms. The molecule has 0 bridgehead atoms. The highest BCUT2D eigenvalue weighted by Crippen LogP contribution is 2.15. The molecule has 0 spiro atoms. The van der Waals surface area contributed by atoms with Gasteiger partial charge in [0.15, 0.2) is 0 Å². The van der Waals surface area contributed by atoms with E-state index in [1.807, 2.05) is 18.7 Å². The van der Waals surface area contributed by atoms with Crippen molar-refractivity contribution in [3.05, 3.63) is 41.7 Å². The second kappa shape index (κ2) is 7.41. The number of piperazine rings is 1. The molecule has 1 aromatic rings. The van der Waals surface area contributed by atoms with E-state index in [-0.39, 0.29) is 30.2 Å². The normalized spacial score (nSPS) is 19.4. The van der Waals surface area contributed by atoms with Gasteiger partial charge in [0.25, 0.3) is 0 Å². The molecule has 1 unspecified atom stereocenters. The molecule has 1 atom stereocenters. The number of nitrogens with zero attached hydrogens (tertiary/aromatic N) is 1. The first-order chi connectivity index (χ1) is 9.08. The van der Waals surface area contributed by atoms with Gasteiger partial charge in [-0.2, -0.15) is 0 Å². The van der Waals surface area contributed by atoms with Crippen molar-refractivity contribution in [3.8, 4) is 0 Å². The van der Waals surface area contributed by atoms with Crippen molar-refractivity contribution in [1.82, 2.24) is 10.2 Å². The molecule has 1 aliphatic rings. The molecule has 0 aromatic heterocycles. The third kappa shape index (κ3) is 4.05. The highest BCUT2D eigenvalue weighted by atomic mass is 35.5. The molecule has 1 aromatic carbocycles. The van der Waals surface area contributed by atoms with E-state index in [4.69, 9.17) is 0 Å². The fraction of sp³-hybridized carbons (Fsp3) is 0.400. The van der Waals surface area contributed by atoms with Crippen molar-refractivity contribution in [1.29, 1.82) is 0 Å². The average Bonchev–Trinajstić information content (AvgIpc) is 2.39. The van der Waals surface area contributed by atoms with E-state index in [1.54, 1.807) is 18.2 Å². The van der Waals surface area contributed by atoms with Crippen molar-refractivity contribution in [2.45, 2.75) is 19.9 Å². The molecule has 1 fully saturated rings. The molecular formula is C15H20ClFN2O. The van der Waals surface area contributed by atoms with Crippen LogP contribution in [0, 0.1) is 5.82 Å². The van der Waals surface area contributed by atoms with Gasteiger partial charge < -0.3 is 10.2 Å². The third-order valence-corrected chi connectivity index (χ3v) is 3.42. The quantitative estimate of drug-likeness (QED) is 0.851. The van der Waals surface area contributed by atoms with E-state index in [9.17, 15) is 9.18 Å². The SMILES string of the molecule is C/C(=C/C(=O)N1CCNCC1C)c1ccc(F)cc1.Cl. The molecule has 110 valence electrons. The van der Waals surface area contributed by atoms with Gasteiger partial charge in [-0.25, -0.2) is 4.39 Å². The van der Waals surface area contributed by atoms with Crippen LogP contribution >= 0.6 is 12.4 Å². The number of hydrogen-bond acceptors (Lipinski definition) is 2. The van der Waals surface area contributed by atoms with Gasteiger partial charge in [0.05, 0.1) is 0 Å². The van der Waals surface area contributed by atoms with Gasteiger partial charge in [0, 0.05) is 31.8 Å². The first kappa shape index (κ1) is 16.7. The lowest BCUT2D eigenvalue weighted by molar-refractivity contribution is -0.128. The predicted molar refractivity (Wildman–Crippen MR) is 81.3 cm³/mol. The molecule has 5 heteroatoms. The average molecular weight is 299 g/mol. The first-order valence-electron chi connectivity index (χ1n) is 6.53. The Hall–Kier alpha value is -1.39. The van der Waals surface area contributed by atoms with Gasteiger partial charge in [-0.3, -0.25) is 4.79 Å². The number of carbonyl (C=O) groups excluding carboxylic acids is 1. The molecular weight excluding hydrogens is 279 g/mol. The van der Waals surface area contributed by atoms with Crippen LogP contribution in [0.5, 0.6) is 0 Å². The van der Waals surface area contributed by atoms with Crippen LogP contribution in [0.3, 0.4) is 0 Å². The summed E-state index contributed by atoms with van der Waals surface area (Å²) >= 11 is 0. The molecule has 1 aliphatic heterocycles. The molecule has 1 saturated heterocycles. The van der Waals surface area contributed by atoms with Crippen molar-refractivity contribution in [2.24, 2.45) is 0 Å². The van der Waals surface area contributed by atoms with Gasteiger partial charge in [0.2, 0.25) is 5.91 Å². The molecule has 2 rings (SSSR count). The van der Waals surface area contributed by atoms with Crippen LogP contribution in [-0.4, -0.2) is 36.5 Å². The number of nitrogens with one attached hydrogen (secondary N) is 1. The standard InChI is InChI=1S/C15H19FN2O.ClH/c1-11(13-3-5-14(16)6-4-13)9-15(19)18-8-7-17-10-12(18)2;/h3-6,9,12,17H,7-8,10H2,1-2H3;1H/b11-9-;. The largest absolute Gasteiger partial charge is 0.334 e. The van der Waals surface area contributed by atoms with Crippen molar-refractivity contribution in [3.63, 3.8) is 0 Å². The fourth-order valence-electron chi connectivity index (χ4n) is 2.23. The van der Waals surface area contributed by atoms with E-state index in [2.05, 4.69) is 5.32 Å². The molecule has 0 radical (unpaired) electrons. The van der Waals surface area contributed by atoms with Gasteiger partial charge in [0.1, 0.15) is 5.82 Å². The summed E-state index contributed by atoms with van der Waals surface area (Å²) in [4.78, 5) is 14.1. The minimum atomic E-state index is -0.265. The fourth-order valence-corrected chi connectivity index (χ4v) is 2.23. The minimum absolute atomic E-state index is 0. The summed E-state index contributed by atoms with van der Waals surface area (Å²) in [7, 11) is 0. The highest BCUT2D eigenvalue weighted by molar-refractivity contribution is 5.95. The Morgan fingerprint density at radius 2 is 2.05 bits per heavy atom. The Kier molecular flexibility index (Phi) is 6.17. The van der Waals surface area contributed by atoms with E-state index in [1.165, 1.54) is 12.1 Å². The van der Waals surface area contributed by atoms with Crippen LogP contribution in [0.2, 0.25) is 0 Å². The zero-order valence-corrected chi connectivity index (χ0v) is 12.5. The highest BCUT2D eigenvalue weighted by Gasteiger charge is 2.21. The van der Waals surface area contributed by atoms with Crippen LogP contribution in [-0.2, 0) is 4.79 Å². The maximum Gasteiger partial charge on any atom is 0.247 e. The van der Waals surface area contributed by atoms with Gasteiger partial charge in [-0.1, -0.05) is 12.1 Å². The molecule has 1 heterocycles. The number of halogens is 2. The van der Waals surface area contributed by atoms with E-state index < -0.39 is 0 Å². The van der Waals surface area contributed by atoms with Crippen LogP contribution < -0.4 is 5.32 Å². The smallest absolute Gasteiger partial charge is 0.247 e. The minimum Gasteiger partial charge on any atom is -0.334 e. The third-order valence-electron chi connectivity index (χ3n) is 3.42. The molecule has 1 N–H and O–H groups in total. The van der Waals surface area contributed by atoms with Gasteiger partial charge in [-0.15, -0.1) is 12.4 Å². The molecule has 0 aliphatic carbocycles. The lowest BCUT2D eigenvalue weighted by atomic mass is 10.1. The Balaban J connectivity index is 0.00000200. The second-order valence-corrected chi connectivity index (χ2v) is 4.92. The summed E-state index contributed by atoms with van der Waals surface area (Å²) in [6, 6.07) is 6.40. The van der Waals surface area contributed by atoms with Crippen LogP contribution in [0.15, 0.2) is 30.3 Å². The lowest BCUT2D eigenvalue weighted by Crippen LogP contribution is -2.51. The van der Waals surface area contributed by atoms with Crippen molar-refractivity contribution in [2.75, 3.05) is 19.6 Å². The Bertz CT molecular complexity index is 487. The zero-order valence-electron chi connectivity index (χ0n) is 11.7. The first-order valence-corrected chi connectivity index (χ1v) is 6.53. The number of rotatable bonds is 2. The number of carbonyl (C=O) groups is 1. The zero-order chi connectivity index (χ0) is 13.8. The summed E-state index contributed by atoms with van der Waals surface area (Å²) in [5.74, 6) is -0.241. The van der Waals surface area contributed by atoms with Gasteiger partial charge in [-0.05, 0) is 37.1 Å². The van der Waals surface area contributed by atoms with Crippen molar-refractivity contribution < 1.29 is 9.18 Å². The number of amides is 1. The van der Waals surface area contributed by atoms with Crippen LogP contribution in [0.4, 0.5) is 4.39 Å². The molecule has 0 saturated carbocycles. The van der Waals surface area contributed by atoms with Crippen LogP contribution in [0.25, 0.3) is 5.57 Å². The lowest BCUT2D eigenvalue weighted by Gasteiger charge is -2.33. The van der Waals surface area contributed by atoms with E-state index >= 15 is 0 Å². The Labute approximate surface area is 125 Å². The summed E-state index contributed by atoms with van der Waals surface area (Å²) in [5, 5.41) is 3.25. The number of allylic oxidation sites excluding steroid dienone is 1. The Morgan fingerprint density at radius 3 is 2.65 bits per heavy atom. The summed E-state index contributed by atoms with van der Waals surface area (Å²) in [6.07, 6.45) is 1.63. The van der Waals surface area contributed by atoms with Gasteiger partial charge >= 0.3 is 0 Å². The Morgan fingerprint density at radius 1 is 1.40 bits per heavy atom. The monoisotopic (exact) mass is 298 g/mol. The topological polar surface area (TPSA) is 32.3 Å². The molecule has 1 amide bonds. The number of benzene rings is 1. The summed E-state index contributed by atoms with van der Waals surface area (Å²) < 4.78 is 12.9. The summed E-state index contributed by atoms with van der Waals surface area (Å²) in [5.41, 5.74) is 1.73. The van der Waals surface area contributed by atoms with E-state index in [0.717, 1.165) is 30.8 Å². The second-order valence-electron chi connectivity index (χ2n) is 4.92. The maximum atomic E-state index is 12.9. The van der Waals surface area contributed by atoms with Crippen LogP contribution in [0.1, 0.15) is 19.4 Å². The summed E-state index contributed by atoms with van der Waals surface area (Å²) in [6.45, 7) is 6.30.